The monoisotopic (exact) mass is 256 g/mol. The summed E-state index contributed by atoms with van der Waals surface area (Å²) in [6.45, 7) is 0. The van der Waals surface area contributed by atoms with E-state index in [1.807, 2.05) is 12.1 Å². The zero-order chi connectivity index (χ0) is 13.4. The van der Waals surface area contributed by atoms with Crippen molar-refractivity contribution in [1.29, 1.82) is 0 Å². The summed E-state index contributed by atoms with van der Waals surface area (Å²) >= 11 is 0. The van der Waals surface area contributed by atoms with Crippen LogP contribution in [0, 0.1) is 0 Å². The molecule has 0 saturated heterocycles. The maximum Gasteiger partial charge on any atom is 0.331 e. The molecule has 2 aromatic carbocycles. The van der Waals surface area contributed by atoms with Crippen molar-refractivity contribution in [2.75, 3.05) is 7.11 Å². The van der Waals surface area contributed by atoms with E-state index in [1.54, 1.807) is 31.4 Å². The number of fused-ring (bicyclic) bond motifs is 1. The van der Waals surface area contributed by atoms with E-state index in [4.69, 9.17) is 4.74 Å². The molecule has 0 radical (unpaired) electrons. The highest BCUT2D eigenvalue weighted by Crippen LogP contribution is 2.25. The molecule has 0 aliphatic rings. The lowest BCUT2D eigenvalue weighted by Crippen LogP contribution is -2.15. The number of hydrogen-bond acceptors (Lipinski definition) is 3. The summed E-state index contributed by atoms with van der Waals surface area (Å²) < 4.78 is 6.80. The van der Waals surface area contributed by atoms with Gasteiger partial charge in [-0.05, 0) is 24.3 Å². The molecule has 5 nitrogen and oxygen atoms in total. The van der Waals surface area contributed by atoms with E-state index in [2.05, 4.69) is 4.98 Å². The molecule has 0 aliphatic heterocycles. The van der Waals surface area contributed by atoms with E-state index in [0.29, 0.717) is 22.5 Å². The van der Waals surface area contributed by atoms with Gasteiger partial charge in [0.15, 0.2) is 0 Å². The van der Waals surface area contributed by atoms with Gasteiger partial charge in [-0.15, -0.1) is 0 Å². The number of aromatic amines is 1. The van der Waals surface area contributed by atoms with Gasteiger partial charge in [0.25, 0.3) is 0 Å². The Morgan fingerprint density at radius 1 is 1.21 bits per heavy atom. The lowest BCUT2D eigenvalue weighted by Gasteiger charge is -2.08. The largest absolute Gasteiger partial charge is 0.508 e. The normalized spacial score (nSPS) is 10.8. The minimum Gasteiger partial charge on any atom is -0.508 e. The molecule has 0 bridgehead atoms. The topological polar surface area (TPSA) is 67.2 Å². The van der Waals surface area contributed by atoms with E-state index in [-0.39, 0.29) is 11.4 Å². The lowest BCUT2D eigenvalue weighted by atomic mass is 10.2. The van der Waals surface area contributed by atoms with Crippen molar-refractivity contribution in [3.8, 4) is 17.2 Å². The number of H-pyrrole nitrogens is 1. The fourth-order valence-electron chi connectivity index (χ4n) is 2.15. The average molecular weight is 256 g/mol. The number of benzene rings is 2. The summed E-state index contributed by atoms with van der Waals surface area (Å²) in [6.07, 6.45) is 0. The van der Waals surface area contributed by atoms with Crippen LogP contribution in [0.5, 0.6) is 11.5 Å². The van der Waals surface area contributed by atoms with Crippen molar-refractivity contribution < 1.29 is 9.84 Å². The minimum absolute atomic E-state index is 0.112. The predicted octanol–water partition coefficient (Wildman–Crippen LogP) is 2.03. The van der Waals surface area contributed by atoms with E-state index in [1.165, 1.54) is 10.6 Å². The zero-order valence-corrected chi connectivity index (χ0v) is 10.3. The van der Waals surface area contributed by atoms with Crippen LogP contribution in [0.15, 0.2) is 47.3 Å². The predicted molar refractivity (Wildman–Crippen MR) is 72.1 cm³/mol. The number of rotatable bonds is 2. The first-order valence-electron chi connectivity index (χ1n) is 5.78. The van der Waals surface area contributed by atoms with Crippen LogP contribution in [-0.4, -0.2) is 21.8 Å². The highest BCUT2D eigenvalue weighted by molar-refractivity contribution is 5.79. The third-order valence-corrected chi connectivity index (χ3v) is 2.99. The molecular formula is C14H12N2O3. The molecule has 0 saturated carbocycles. The quantitative estimate of drug-likeness (QED) is 0.737. The molecule has 0 fully saturated rings. The highest BCUT2D eigenvalue weighted by atomic mass is 16.5. The Bertz CT molecular complexity index is 802. The summed E-state index contributed by atoms with van der Waals surface area (Å²) in [5.41, 5.74) is 1.65. The number of methoxy groups -OCH3 is 1. The van der Waals surface area contributed by atoms with Crippen LogP contribution >= 0.6 is 0 Å². The zero-order valence-electron chi connectivity index (χ0n) is 10.3. The van der Waals surface area contributed by atoms with Crippen LogP contribution in [-0.2, 0) is 0 Å². The van der Waals surface area contributed by atoms with Crippen molar-refractivity contribution >= 4 is 11.0 Å². The first-order valence-corrected chi connectivity index (χ1v) is 5.78. The van der Waals surface area contributed by atoms with Gasteiger partial charge >= 0.3 is 5.69 Å². The van der Waals surface area contributed by atoms with Crippen molar-refractivity contribution in [1.82, 2.24) is 9.55 Å². The Balaban J connectivity index is 2.36. The van der Waals surface area contributed by atoms with Gasteiger partial charge in [0, 0.05) is 6.07 Å². The van der Waals surface area contributed by atoms with Gasteiger partial charge in [-0.25, -0.2) is 4.79 Å². The average Bonchev–Trinajstić information content (AvgIpc) is 2.73. The van der Waals surface area contributed by atoms with Crippen molar-refractivity contribution in [3.63, 3.8) is 0 Å². The molecule has 0 spiro atoms. The van der Waals surface area contributed by atoms with E-state index < -0.39 is 0 Å². The lowest BCUT2D eigenvalue weighted by molar-refractivity contribution is 0.413. The number of nitrogens with one attached hydrogen (secondary N) is 1. The molecule has 5 heteroatoms. The molecule has 3 aromatic rings. The summed E-state index contributed by atoms with van der Waals surface area (Å²) in [5.74, 6) is 0.722. The van der Waals surface area contributed by atoms with Gasteiger partial charge in [0.2, 0.25) is 0 Å². The molecular weight excluding hydrogens is 244 g/mol. The minimum atomic E-state index is -0.273. The number of imidazole rings is 1. The number of phenols is 1. The van der Waals surface area contributed by atoms with Gasteiger partial charge in [-0.2, -0.15) is 0 Å². The molecule has 0 aliphatic carbocycles. The number of aromatic hydroxyl groups is 1. The van der Waals surface area contributed by atoms with Crippen LogP contribution in [0.3, 0.4) is 0 Å². The van der Waals surface area contributed by atoms with Crippen molar-refractivity contribution in [2.45, 2.75) is 0 Å². The Kier molecular flexibility index (Phi) is 2.52. The summed E-state index contributed by atoms with van der Waals surface area (Å²) in [7, 11) is 1.56. The summed E-state index contributed by atoms with van der Waals surface area (Å²) in [5, 5.41) is 9.45. The number of ether oxygens (including phenoxy) is 1. The van der Waals surface area contributed by atoms with Crippen LogP contribution in [0.4, 0.5) is 0 Å². The fourth-order valence-corrected chi connectivity index (χ4v) is 2.15. The smallest absolute Gasteiger partial charge is 0.331 e. The number of phenolic OH excluding ortho intramolecular Hbond substituents is 1. The van der Waals surface area contributed by atoms with Crippen LogP contribution in [0.1, 0.15) is 0 Å². The second-order valence-electron chi connectivity index (χ2n) is 4.14. The number of aromatic nitrogens is 2. The van der Waals surface area contributed by atoms with Crippen LogP contribution in [0.25, 0.3) is 16.7 Å². The van der Waals surface area contributed by atoms with Gasteiger partial charge < -0.3 is 14.8 Å². The Labute approximate surface area is 108 Å². The fraction of sp³-hybridized carbons (Fsp3) is 0.0714. The van der Waals surface area contributed by atoms with Crippen LogP contribution in [0.2, 0.25) is 0 Å². The third kappa shape index (κ3) is 1.76. The van der Waals surface area contributed by atoms with Crippen molar-refractivity contribution in [3.05, 3.63) is 52.9 Å². The first-order chi connectivity index (χ1) is 9.20. The Morgan fingerprint density at radius 3 is 2.79 bits per heavy atom. The molecule has 0 amide bonds. The number of para-hydroxylation sites is 2. The van der Waals surface area contributed by atoms with E-state index in [9.17, 15) is 9.90 Å². The SMILES string of the molecule is COc1ccccc1-n1c(=O)[nH]c2cc(O)ccc21. The molecule has 1 aromatic heterocycles. The molecule has 19 heavy (non-hydrogen) atoms. The first kappa shape index (κ1) is 11.4. The van der Waals surface area contributed by atoms with Crippen LogP contribution < -0.4 is 10.4 Å². The third-order valence-electron chi connectivity index (χ3n) is 2.99. The molecule has 3 rings (SSSR count). The Hall–Kier alpha value is -2.69. The maximum atomic E-state index is 12.1. The highest BCUT2D eigenvalue weighted by Gasteiger charge is 2.12. The molecule has 1 heterocycles. The molecule has 96 valence electrons. The molecule has 0 unspecified atom stereocenters. The number of nitrogens with zero attached hydrogens (tertiary/aromatic N) is 1. The van der Waals surface area contributed by atoms with E-state index >= 15 is 0 Å². The van der Waals surface area contributed by atoms with Crippen molar-refractivity contribution in [2.24, 2.45) is 0 Å². The number of hydrogen-bond donors (Lipinski definition) is 2. The van der Waals surface area contributed by atoms with Gasteiger partial charge in [0.05, 0.1) is 23.8 Å². The van der Waals surface area contributed by atoms with Gasteiger partial charge in [0.1, 0.15) is 11.5 Å². The Morgan fingerprint density at radius 2 is 2.00 bits per heavy atom. The van der Waals surface area contributed by atoms with Gasteiger partial charge in [-0.3, -0.25) is 4.57 Å². The van der Waals surface area contributed by atoms with E-state index in [0.717, 1.165) is 0 Å². The molecule has 0 atom stereocenters. The summed E-state index contributed by atoms with van der Waals surface area (Å²) in [6, 6.07) is 12.0. The molecule has 2 N–H and O–H groups in total. The second kappa shape index (κ2) is 4.20. The standard InChI is InChI=1S/C14H12N2O3/c1-19-13-5-3-2-4-12(13)16-11-7-6-9(17)8-10(11)15-14(16)18/h2-8,17H,1H3,(H,15,18). The maximum absolute atomic E-state index is 12.1. The second-order valence-corrected chi connectivity index (χ2v) is 4.14. The summed E-state index contributed by atoms with van der Waals surface area (Å²) in [4.78, 5) is 14.8. The van der Waals surface area contributed by atoms with Gasteiger partial charge in [-0.1, -0.05) is 12.1 Å².